The van der Waals surface area contributed by atoms with Gasteiger partial charge >= 0.3 is 0 Å². The fourth-order valence-corrected chi connectivity index (χ4v) is 1.41. The first-order chi connectivity index (χ1) is 6.86. The van der Waals surface area contributed by atoms with Gasteiger partial charge in [0, 0.05) is 0 Å². The van der Waals surface area contributed by atoms with Crippen LogP contribution in [0.15, 0.2) is 36.6 Å². The fraction of sp³-hybridized carbons (Fsp3) is 0.385. The second kappa shape index (κ2) is 6.25. The van der Waals surface area contributed by atoms with Gasteiger partial charge in [0.1, 0.15) is 0 Å². The van der Waals surface area contributed by atoms with Crippen LogP contribution < -0.4 is 0 Å². The molecule has 0 atom stereocenters. The van der Waals surface area contributed by atoms with Crippen LogP contribution in [0.5, 0.6) is 0 Å². The van der Waals surface area contributed by atoms with Crippen LogP contribution >= 0.6 is 0 Å². The molecule has 76 valence electrons. The molecule has 1 aromatic carbocycles. The summed E-state index contributed by atoms with van der Waals surface area (Å²) in [5, 5.41) is 0. The largest absolute Gasteiger partial charge is 0.505 e. The number of allylic oxidation sites excluding steroid dienone is 1. The van der Waals surface area contributed by atoms with E-state index >= 15 is 0 Å². The minimum Gasteiger partial charge on any atom is -0.505 e. The first-order valence-corrected chi connectivity index (χ1v) is 5.12. The minimum atomic E-state index is 0.945. The summed E-state index contributed by atoms with van der Waals surface area (Å²) < 4.78 is 4.85. The van der Waals surface area contributed by atoms with Crippen molar-refractivity contribution < 1.29 is 4.74 Å². The summed E-state index contributed by atoms with van der Waals surface area (Å²) in [7, 11) is 1.67. The molecular weight excluding hydrogens is 172 g/mol. The quantitative estimate of drug-likeness (QED) is 0.647. The molecule has 14 heavy (non-hydrogen) atoms. The summed E-state index contributed by atoms with van der Waals surface area (Å²) >= 11 is 0. The Hall–Kier alpha value is -1.24. The highest BCUT2D eigenvalue weighted by atomic mass is 16.5. The van der Waals surface area contributed by atoms with Gasteiger partial charge in [-0.3, -0.25) is 0 Å². The van der Waals surface area contributed by atoms with Crippen LogP contribution in [0.2, 0.25) is 0 Å². The van der Waals surface area contributed by atoms with Gasteiger partial charge < -0.3 is 4.74 Å². The van der Waals surface area contributed by atoms with Crippen LogP contribution in [0.1, 0.15) is 24.5 Å². The van der Waals surface area contributed by atoms with E-state index in [-0.39, 0.29) is 0 Å². The monoisotopic (exact) mass is 190 g/mol. The Morgan fingerprint density at radius 2 is 1.79 bits per heavy atom. The second-order valence-corrected chi connectivity index (χ2v) is 3.38. The lowest BCUT2D eigenvalue weighted by Crippen LogP contribution is -1.85. The zero-order valence-corrected chi connectivity index (χ0v) is 8.99. The van der Waals surface area contributed by atoms with Crippen LogP contribution in [0.4, 0.5) is 0 Å². The van der Waals surface area contributed by atoms with Crippen LogP contribution in [-0.4, -0.2) is 7.11 Å². The topological polar surface area (TPSA) is 9.23 Å². The number of rotatable bonds is 5. The highest BCUT2D eigenvalue weighted by molar-refractivity contribution is 5.24. The smallest absolute Gasteiger partial charge is 0.0788 e. The molecule has 0 N–H and O–H groups in total. The van der Waals surface area contributed by atoms with Crippen LogP contribution in [-0.2, 0) is 17.6 Å². The molecule has 0 saturated carbocycles. The average Bonchev–Trinajstić information content (AvgIpc) is 2.21. The Morgan fingerprint density at radius 3 is 2.36 bits per heavy atom. The van der Waals surface area contributed by atoms with E-state index in [9.17, 15) is 0 Å². The highest BCUT2D eigenvalue weighted by Crippen LogP contribution is 2.07. The van der Waals surface area contributed by atoms with Gasteiger partial charge in [-0.2, -0.15) is 0 Å². The predicted molar refractivity (Wildman–Crippen MR) is 60.3 cm³/mol. The minimum absolute atomic E-state index is 0.945. The van der Waals surface area contributed by atoms with E-state index in [2.05, 4.69) is 31.2 Å². The van der Waals surface area contributed by atoms with Crippen LogP contribution in [0.25, 0.3) is 0 Å². The Balaban J connectivity index is 2.50. The normalized spacial score (nSPS) is 10.7. The van der Waals surface area contributed by atoms with Crippen LogP contribution in [0, 0.1) is 0 Å². The lowest BCUT2D eigenvalue weighted by atomic mass is 10.1. The van der Waals surface area contributed by atoms with Crippen molar-refractivity contribution in [3.05, 3.63) is 47.7 Å². The van der Waals surface area contributed by atoms with Gasteiger partial charge in [0.2, 0.25) is 0 Å². The van der Waals surface area contributed by atoms with E-state index in [4.69, 9.17) is 4.74 Å². The average molecular weight is 190 g/mol. The summed E-state index contributed by atoms with van der Waals surface area (Å²) in [4.78, 5) is 0. The number of hydrogen-bond acceptors (Lipinski definition) is 1. The number of ether oxygens (including phenoxy) is 1. The zero-order chi connectivity index (χ0) is 10.2. The molecule has 0 heterocycles. The van der Waals surface area contributed by atoms with Crippen molar-refractivity contribution in [3.63, 3.8) is 0 Å². The second-order valence-electron chi connectivity index (χ2n) is 3.38. The lowest BCUT2D eigenvalue weighted by Gasteiger charge is -2.00. The molecular formula is C13H18O. The van der Waals surface area contributed by atoms with Gasteiger partial charge in [-0.05, 0) is 30.0 Å². The standard InChI is InChI=1S/C13H18O/c1-3-5-12-7-9-13(10-8-12)6-4-11-14-2/h4,7-11H,3,5-6H2,1-2H3/b11-4+. The predicted octanol–water partition coefficient (Wildman–Crippen LogP) is 3.34. The summed E-state index contributed by atoms with van der Waals surface area (Å²) in [6, 6.07) is 8.79. The van der Waals surface area contributed by atoms with Crippen molar-refractivity contribution in [1.29, 1.82) is 0 Å². The number of benzene rings is 1. The third-order valence-electron chi connectivity index (χ3n) is 2.15. The molecule has 1 nitrogen and oxygen atoms in total. The number of hydrogen-bond donors (Lipinski definition) is 0. The van der Waals surface area contributed by atoms with Gasteiger partial charge in [-0.1, -0.05) is 37.6 Å². The Morgan fingerprint density at radius 1 is 1.14 bits per heavy atom. The Bertz CT molecular complexity index is 272. The Kier molecular flexibility index (Phi) is 4.84. The van der Waals surface area contributed by atoms with Crippen molar-refractivity contribution in [3.8, 4) is 0 Å². The van der Waals surface area contributed by atoms with E-state index in [0.717, 1.165) is 6.42 Å². The maximum absolute atomic E-state index is 4.85. The summed E-state index contributed by atoms with van der Waals surface area (Å²) in [6.45, 7) is 2.20. The van der Waals surface area contributed by atoms with Crippen molar-refractivity contribution in [1.82, 2.24) is 0 Å². The van der Waals surface area contributed by atoms with Crippen molar-refractivity contribution in [2.45, 2.75) is 26.2 Å². The molecule has 1 rings (SSSR count). The zero-order valence-electron chi connectivity index (χ0n) is 8.99. The van der Waals surface area contributed by atoms with Gasteiger partial charge in [0.05, 0.1) is 13.4 Å². The molecule has 0 fully saturated rings. The van der Waals surface area contributed by atoms with Crippen molar-refractivity contribution >= 4 is 0 Å². The first kappa shape index (κ1) is 10.8. The van der Waals surface area contributed by atoms with E-state index in [1.54, 1.807) is 13.4 Å². The molecule has 0 spiro atoms. The summed E-state index contributed by atoms with van der Waals surface area (Å²) in [5.74, 6) is 0. The molecule has 0 aromatic heterocycles. The van der Waals surface area contributed by atoms with Crippen LogP contribution in [0.3, 0.4) is 0 Å². The molecule has 0 aliphatic heterocycles. The number of methoxy groups -OCH3 is 1. The number of aryl methyl sites for hydroxylation is 1. The van der Waals surface area contributed by atoms with Crippen molar-refractivity contribution in [2.75, 3.05) is 7.11 Å². The molecule has 0 amide bonds. The third-order valence-corrected chi connectivity index (χ3v) is 2.15. The molecule has 0 bridgehead atoms. The Labute approximate surface area is 86.4 Å². The molecule has 0 aliphatic carbocycles. The first-order valence-electron chi connectivity index (χ1n) is 5.12. The maximum Gasteiger partial charge on any atom is 0.0788 e. The molecule has 0 unspecified atom stereocenters. The SMILES string of the molecule is CCCc1ccc(C/C=C/OC)cc1. The molecule has 0 aliphatic rings. The fourth-order valence-electron chi connectivity index (χ4n) is 1.41. The van der Waals surface area contributed by atoms with Crippen molar-refractivity contribution in [2.24, 2.45) is 0 Å². The molecule has 1 heteroatoms. The van der Waals surface area contributed by atoms with Gasteiger partial charge in [0.25, 0.3) is 0 Å². The van der Waals surface area contributed by atoms with E-state index in [0.29, 0.717) is 0 Å². The van der Waals surface area contributed by atoms with E-state index < -0.39 is 0 Å². The van der Waals surface area contributed by atoms with E-state index in [1.807, 2.05) is 6.08 Å². The highest BCUT2D eigenvalue weighted by Gasteiger charge is 1.92. The molecule has 1 aromatic rings. The van der Waals surface area contributed by atoms with Gasteiger partial charge in [-0.15, -0.1) is 0 Å². The summed E-state index contributed by atoms with van der Waals surface area (Å²) in [6.07, 6.45) is 7.08. The lowest BCUT2D eigenvalue weighted by molar-refractivity contribution is 0.337. The van der Waals surface area contributed by atoms with Gasteiger partial charge in [-0.25, -0.2) is 0 Å². The maximum atomic E-state index is 4.85. The third kappa shape index (κ3) is 3.65. The molecule has 0 radical (unpaired) electrons. The summed E-state index contributed by atoms with van der Waals surface area (Å²) in [5.41, 5.74) is 2.75. The molecule has 0 saturated heterocycles. The van der Waals surface area contributed by atoms with E-state index in [1.165, 1.54) is 24.0 Å². The van der Waals surface area contributed by atoms with Gasteiger partial charge in [0.15, 0.2) is 0 Å².